The summed E-state index contributed by atoms with van der Waals surface area (Å²) in [6, 6.07) is 15.8. The second kappa shape index (κ2) is 5.94. The number of nitrogens with two attached hydrogens (primary N) is 1. The first-order valence-corrected chi connectivity index (χ1v) is 7.24. The Kier molecular flexibility index (Phi) is 4.28. The van der Waals surface area contributed by atoms with Crippen molar-refractivity contribution in [2.45, 2.75) is 24.1 Å². The molecule has 0 spiro atoms. The molecule has 2 rings (SSSR count). The summed E-state index contributed by atoms with van der Waals surface area (Å²) in [6.07, 6.45) is 0. The Bertz CT molecular complexity index is 549. The second-order valence-electron chi connectivity index (χ2n) is 4.28. The van der Waals surface area contributed by atoms with Gasteiger partial charge in [0.05, 0.1) is 16.6 Å². The predicted octanol–water partition coefficient (Wildman–Crippen LogP) is 2.76. The average molecular weight is 259 g/mol. The van der Waals surface area contributed by atoms with E-state index in [2.05, 4.69) is 0 Å². The van der Waals surface area contributed by atoms with Gasteiger partial charge >= 0.3 is 0 Å². The maximum Gasteiger partial charge on any atom is 0.0576 e. The van der Waals surface area contributed by atoms with Crippen LogP contribution in [0.3, 0.4) is 0 Å². The summed E-state index contributed by atoms with van der Waals surface area (Å²) >= 11 is 0. The number of hydrogen-bond acceptors (Lipinski definition) is 2. The lowest BCUT2D eigenvalue weighted by Gasteiger charge is -2.06. The summed E-state index contributed by atoms with van der Waals surface area (Å²) in [5, 5.41) is 0. The SMILES string of the molecule is Cc1ccccc1S(=O)Cc1ccc(CN)cc1. The van der Waals surface area contributed by atoms with Crippen LogP contribution in [0.1, 0.15) is 16.7 Å². The van der Waals surface area contributed by atoms with E-state index < -0.39 is 10.8 Å². The van der Waals surface area contributed by atoms with E-state index in [9.17, 15) is 4.21 Å². The van der Waals surface area contributed by atoms with Gasteiger partial charge < -0.3 is 5.73 Å². The third-order valence-corrected chi connectivity index (χ3v) is 4.44. The number of hydrogen-bond donors (Lipinski definition) is 1. The molecule has 1 unspecified atom stereocenters. The zero-order chi connectivity index (χ0) is 13.0. The van der Waals surface area contributed by atoms with Crippen molar-refractivity contribution in [1.82, 2.24) is 0 Å². The molecule has 0 aliphatic carbocycles. The van der Waals surface area contributed by atoms with Crippen LogP contribution in [-0.4, -0.2) is 4.21 Å². The first-order valence-electron chi connectivity index (χ1n) is 5.92. The van der Waals surface area contributed by atoms with Gasteiger partial charge in [-0.3, -0.25) is 4.21 Å². The second-order valence-corrected chi connectivity index (χ2v) is 5.70. The zero-order valence-electron chi connectivity index (χ0n) is 10.4. The Hall–Kier alpha value is -1.45. The van der Waals surface area contributed by atoms with Gasteiger partial charge in [0.1, 0.15) is 0 Å². The van der Waals surface area contributed by atoms with Crippen LogP contribution in [0.2, 0.25) is 0 Å². The maximum atomic E-state index is 12.3. The summed E-state index contributed by atoms with van der Waals surface area (Å²) < 4.78 is 12.3. The van der Waals surface area contributed by atoms with Crippen LogP contribution < -0.4 is 5.73 Å². The molecule has 0 radical (unpaired) electrons. The first-order chi connectivity index (χ1) is 8.70. The normalized spacial score (nSPS) is 12.3. The van der Waals surface area contributed by atoms with Crippen molar-refractivity contribution >= 4 is 10.8 Å². The fourth-order valence-electron chi connectivity index (χ4n) is 1.81. The van der Waals surface area contributed by atoms with Crippen LogP contribution in [0.4, 0.5) is 0 Å². The van der Waals surface area contributed by atoms with Gasteiger partial charge in [-0.2, -0.15) is 0 Å². The van der Waals surface area contributed by atoms with Crippen LogP contribution in [0.5, 0.6) is 0 Å². The van der Waals surface area contributed by atoms with Crippen molar-refractivity contribution in [2.75, 3.05) is 0 Å². The van der Waals surface area contributed by atoms with Gasteiger partial charge in [-0.25, -0.2) is 0 Å². The van der Waals surface area contributed by atoms with Crippen LogP contribution in [0.25, 0.3) is 0 Å². The van der Waals surface area contributed by atoms with E-state index in [0.29, 0.717) is 12.3 Å². The molecule has 2 aromatic carbocycles. The highest BCUT2D eigenvalue weighted by molar-refractivity contribution is 7.84. The minimum absolute atomic E-state index is 0.543. The largest absolute Gasteiger partial charge is 0.326 e. The van der Waals surface area contributed by atoms with E-state index in [4.69, 9.17) is 5.73 Å². The fourth-order valence-corrected chi connectivity index (χ4v) is 3.12. The van der Waals surface area contributed by atoms with Gasteiger partial charge in [-0.15, -0.1) is 0 Å². The van der Waals surface area contributed by atoms with Crippen molar-refractivity contribution in [1.29, 1.82) is 0 Å². The van der Waals surface area contributed by atoms with E-state index in [0.717, 1.165) is 21.6 Å². The van der Waals surface area contributed by atoms with Crippen molar-refractivity contribution < 1.29 is 4.21 Å². The highest BCUT2D eigenvalue weighted by Gasteiger charge is 2.07. The van der Waals surface area contributed by atoms with Gasteiger partial charge in [0.25, 0.3) is 0 Å². The van der Waals surface area contributed by atoms with Gasteiger partial charge in [0, 0.05) is 11.4 Å². The molecule has 3 heteroatoms. The molecular formula is C15H17NOS. The molecule has 18 heavy (non-hydrogen) atoms. The Labute approximate surface area is 110 Å². The lowest BCUT2D eigenvalue weighted by Crippen LogP contribution is -2.00. The predicted molar refractivity (Wildman–Crippen MR) is 75.6 cm³/mol. The number of aryl methyl sites for hydroxylation is 1. The molecule has 0 heterocycles. The Morgan fingerprint density at radius 3 is 2.22 bits per heavy atom. The molecule has 2 N–H and O–H groups in total. The molecule has 2 nitrogen and oxygen atoms in total. The summed E-state index contributed by atoms with van der Waals surface area (Å²) in [5.41, 5.74) is 8.81. The summed E-state index contributed by atoms with van der Waals surface area (Å²) in [6.45, 7) is 2.53. The smallest absolute Gasteiger partial charge is 0.0576 e. The third kappa shape index (κ3) is 3.06. The highest BCUT2D eigenvalue weighted by atomic mass is 32.2. The molecular weight excluding hydrogens is 242 g/mol. The molecule has 0 saturated heterocycles. The van der Waals surface area contributed by atoms with Crippen molar-refractivity contribution in [3.63, 3.8) is 0 Å². The number of benzene rings is 2. The Balaban J connectivity index is 2.14. The summed E-state index contributed by atoms with van der Waals surface area (Å²) in [5.74, 6) is 0.551. The number of rotatable bonds is 4. The van der Waals surface area contributed by atoms with Crippen LogP contribution in [0.15, 0.2) is 53.4 Å². The van der Waals surface area contributed by atoms with Gasteiger partial charge in [0.2, 0.25) is 0 Å². The quantitative estimate of drug-likeness (QED) is 0.917. The molecule has 0 amide bonds. The summed E-state index contributed by atoms with van der Waals surface area (Å²) in [7, 11) is -0.986. The van der Waals surface area contributed by atoms with Gasteiger partial charge in [-0.1, -0.05) is 42.5 Å². The van der Waals surface area contributed by atoms with Crippen molar-refractivity contribution in [2.24, 2.45) is 5.73 Å². The van der Waals surface area contributed by atoms with Gasteiger partial charge in [0.15, 0.2) is 0 Å². The van der Waals surface area contributed by atoms with E-state index in [1.807, 2.05) is 55.5 Å². The Morgan fingerprint density at radius 1 is 1.00 bits per heavy atom. The van der Waals surface area contributed by atoms with Gasteiger partial charge in [-0.05, 0) is 29.7 Å². The maximum absolute atomic E-state index is 12.3. The van der Waals surface area contributed by atoms with Crippen LogP contribution >= 0.6 is 0 Å². The molecule has 1 atom stereocenters. The molecule has 0 aliphatic heterocycles. The zero-order valence-corrected chi connectivity index (χ0v) is 11.2. The van der Waals surface area contributed by atoms with E-state index in [1.54, 1.807) is 0 Å². The molecule has 0 aromatic heterocycles. The Morgan fingerprint density at radius 2 is 1.61 bits per heavy atom. The summed E-state index contributed by atoms with van der Waals surface area (Å²) in [4.78, 5) is 0.917. The molecule has 0 saturated carbocycles. The lowest BCUT2D eigenvalue weighted by atomic mass is 10.1. The molecule has 0 aliphatic rings. The van der Waals surface area contributed by atoms with Crippen molar-refractivity contribution in [3.05, 3.63) is 65.2 Å². The van der Waals surface area contributed by atoms with E-state index in [-0.39, 0.29) is 0 Å². The standard InChI is InChI=1S/C15H17NOS/c1-12-4-2-3-5-15(12)18(17)11-14-8-6-13(10-16)7-9-14/h2-9H,10-11,16H2,1H3. The monoisotopic (exact) mass is 259 g/mol. The van der Waals surface area contributed by atoms with Crippen LogP contribution in [0, 0.1) is 6.92 Å². The fraction of sp³-hybridized carbons (Fsp3) is 0.200. The van der Waals surface area contributed by atoms with Crippen molar-refractivity contribution in [3.8, 4) is 0 Å². The topological polar surface area (TPSA) is 43.1 Å². The molecule has 2 aromatic rings. The van der Waals surface area contributed by atoms with Crippen LogP contribution in [-0.2, 0) is 23.1 Å². The highest BCUT2D eigenvalue weighted by Crippen LogP contribution is 2.16. The van der Waals surface area contributed by atoms with E-state index in [1.165, 1.54) is 0 Å². The molecule has 0 fully saturated rings. The van der Waals surface area contributed by atoms with E-state index >= 15 is 0 Å². The average Bonchev–Trinajstić information content (AvgIpc) is 2.40. The third-order valence-electron chi connectivity index (χ3n) is 2.90. The minimum atomic E-state index is -0.986. The first kappa shape index (κ1) is 13.0. The minimum Gasteiger partial charge on any atom is -0.326 e. The molecule has 94 valence electrons. The lowest BCUT2D eigenvalue weighted by molar-refractivity contribution is 0.682. The molecule has 0 bridgehead atoms.